The Morgan fingerprint density at radius 3 is 2.83 bits per heavy atom. The first-order chi connectivity index (χ1) is 8.56. The molecule has 2 heterocycles. The van der Waals surface area contributed by atoms with Crippen LogP contribution >= 0.6 is 31.9 Å². The molecule has 0 unspecified atom stereocenters. The van der Waals surface area contributed by atoms with Crippen LogP contribution in [0.15, 0.2) is 25.7 Å². The lowest BCUT2D eigenvalue weighted by Crippen LogP contribution is -2.21. The minimum Gasteiger partial charge on any atom is -0.337 e. The standard InChI is InChI=1S/C11H12Br2N4O/c1-6(2)14-5-9-16-11(17-18-9)10-8(13)3-7(12)4-15-10/h3-4,6,14H,5H2,1-2H3. The summed E-state index contributed by atoms with van der Waals surface area (Å²) in [4.78, 5) is 8.55. The number of rotatable bonds is 4. The third kappa shape index (κ3) is 3.37. The number of halogens is 2. The monoisotopic (exact) mass is 374 g/mol. The SMILES string of the molecule is CC(C)NCc1nc(-c2ncc(Br)cc2Br)no1. The highest BCUT2D eigenvalue weighted by Crippen LogP contribution is 2.26. The van der Waals surface area contributed by atoms with Gasteiger partial charge in [-0.3, -0.25) is 4.98 Å². The molecule has 0 aromatic carbocycles. The minimum absolute atomic E-state index is 0.373. The van der Waals surface area contributed by atoms with Crippen molar-refractivity contribution in [1.82, 2.24) is 20.4 Å². The Balaban J connectivity index is 2.18. The third-order valence-electron chi connectivity index (χ3n) is 2.15. The highest BCUT2D eigenvalue weighted by atomic mass is 79.9. The van der Waals surface area contributed by atoms with E-state index in [1.54, 1.807) is 6.20 Å². The molecule has 0 fully saturated rings. The van der Waals surface area contributed by atoms with Crippen LogP contribution in [0.3, 0.4) is 0 Å². The lowest BCUT2D eigenvalue weighted by atomic mass is 10.3. The molecule has 0 bridgehead atoms. The maximum Gasteiger partial charge on any atom is 0.240 e. The topological polar surface area (TPSA) is 63.8 Å². The molecule has 5 nitrogen and oxygen atoms in total. The Morgan fingerprint density at radius 2 is 2.17 bits per heavy atom. The summed E-state index contributed by atoms with van der Waals surface area (Å²) in [6, 6.07) is 2.27. The number of hydrogen-bond donors (Lipinski definition) is 1. The Labute approximate surface area is 122 Å². The van der Waals surface area contributed by atoms with Gasteiger partial charge in [0.05, 0.1) is 6.54 Å². The largest absolute Gasteiger partial charge is 0.337 e. The van der Waals surface area contributed by atoms with Gasteiger partial charge in [0.15, 0.2) is 0 Å². The second kappa shape index (κ2) is 5.90. The van der Waals surface area contributed by atoms with E-state index in [9.17, 15) is 0 Å². The van der Waals surface area contributed by atoms with Gasteiger partial charge in [0, 0.05) is 21.2 Å². The lowest BCUT2D eigenvalue weighted by Gasteiger charge is -2.03. The van der Waals surface area contributed by atoms with Crippen molar-refractivity contribution in [3.63, 3.8) is 0 Å². The van der Waals surface area contributed by atoms with Crippen LogP contribution in [-0.2, 0) is 6.54 Å². The van der Waals surface area contributed by atoms with Gasteiger partial charge >= 0.3 is 0 Å². The average molecular weight is 376 g/mol. The molecule has 18 heavy (non-hydrogen) atoms. The molecule has 0 saturated heterocycles. The molecule has 2 rings (SSSR count). The summed E-state index contributed by atoms with van der Waals surface area (Å²) in [5, 5.41) is 7.14. The molecule has 0 spiro atoms. The molecule has 0 aliphatic carbocycles. The van der Waals surface area contributed by atoms with Crippen LogP contribution in [-0.4, -0.2) is 21.2 Å². The first-order valence-corrected chi connectivity index (χ1v) is 7.02. The molecule has 0 saturated carbocycles. The first kappa shape index (κ1) is 13.6. The fraction of sp³-hybridized carbons (Fsp3) is 0.364. The molecule has 1 N–H and O–H groups in total. The molecular formula is C11H12Br2N4O. The van der Waals surface area contributed by atoms with Gasteiger partial charge in [-0.25, -0.2) is 0 Å². The Kier molecular flexibility index (Phi) is 4.47. The summed E-state index contributed by atoms with van der Waals surface area (Å²) in [7, 11) is 0. The Morgan fingerprint density at radius 1 is 1.39 bits per heavy atom. The van der Waals surface area contributed by atoms with Crippen LogP contribution in [0, 0.1) is 0 Å². The van der Waals surface area contributed by atoms with Crippen molar-refractivity contribution in [2.75, 3.05) is 0 Å². The zero-order valence-corrected chi connectivity index (χ0v) is 13.1. The highest BCUT2D eigenvalue weighted by molar-refractivity contribution is 9.11. The van der Waals surface area contributed by atoms with Crippen LogP contribution in [0.2, 0.25) is 0 Å². The zero-order valence-electron chi connectivity index (χ0n) is 9.94. The number of nitrogens with zero attached hydrogens (tertiary/aromatic N) is 3. The maximum absolute atomic E-state index is 5.16. The first-order valence-electron chi connectivity index (χ1n) is 5.43. The molecule has 0 radical (unpaired) electrons. The van der Waals surface area contributed by atoms with Crippen LogP contribution < -0.4 is 5.32 Å². The fourth-order valence-corrected chi connectivity index (χ4v) is 2.46. The van der Waals surface area contributed by atoms with E-state index in [2.05, 4.69) is 66.1 Å². The van der Waals surface area contributed by atoms with E-state index in [-0.39, 0.29) is 0 Å². The van der Waals surface area contributed by atoms with E-state index >= 15 is 0 Å². The van der Waals surface area contributed by atoms with Crippen molar-refractivity contribution in [2.45, 2.75) is 26.4 Å². The van der Waals surface area contributed by atoms with Crippen molar-refractivity contribution < 1.29 is 4.52 Å². The smallest absolute Gasteiger partial charge is 0.240 e. The molecule has 7 heteroatoms. The van der Waals surface area contributed by atoms with Gasteiger partial charge in [-0.15, -0.1) is 0 Å². The second-order valence-corrected chi connectivity index (χ2v) is 5.80. The van der Waals surface area contributed by atoms with Crippen LogP contribution in [0.4, 0.5) is 0 Å². The van der Waals surface area contributed by atoms with Crippen molar-refractivity contribution >= 4 is 31.9 Å². The van der Waals surface area contributed by atoms with Crippen LogP contribution in [0.1, 0.15) is 19.7 Å². The number of hydrogen-bond acceptors (Lipinski definition) is 5. The zero-order chi connectivity index (χ0) is 13.1. The van der Waals surface area contributed by atoms with Gasteiger partial charge in [-0.2, -0.15) is 4.98 Å². The van der Waals surface area contributed by atoms with E-state index in [1.165, 1.54) is 0 Å². The third-order valence-corrected chi connectivity index (χ3v) is 3.19. The van der Waals surface area contributed by atoms with E-state index < -0.39 is 0 Å². The second-order valence-electron chi connectivity index (χ2n) is 4.03. The average Bonchev–Trinajstić information content (AvgIpc) is 2.75. The van der Waals surface area contributed by atoms with Crippen molar-refractivity contribution in [2.24, 2.45) is 0 Å². The predicted octanol–water partition coefficient (Wildman–Crippen LogP) is 3.15. The molecule has 0 atom stereocenters. The van der Waals surface area contributed by atoms with Gasteiger partial charge in [-0.05, 0) is 37.9 Å². The molecule has 2 aromatic heterocycles. The van der Waals surface area contributed by atoms with Crippen LogP contribution in [0.5, 0.6) is 0 Å². The normalized spacial score (nSPS) is 11.2. The minimum atomic E-state index is 0.373. The van der Waals surface area contributed by atoms with Gasteiger partial charge in [0.1, 0.15) is 5.69 Å². The summed E-state index contributed by atoms with van der Waals surface area (Å²) in [6.45, 7) is 4.67. The molecule has 0 aliphatic rings. The predicted molar refractivity (Wildman–Crippen MR) is 74.9 cm³/mol. The van der Waals surface area contributed by atoms with Gasteiger partial charge in [0.2, 0.25) is 11.7 Å². The van der Waals surface area contributed by atoms with E-state index in [4.69, 9.17) is 4.52 Å². The van der Waals surface area contributed by atoms with E-state index in [0.717, 1.165) is 8.95 Å². The fourth-order valence-electron chi connectivity index (χ4n) is 1.29. The number of aromatic nitrogens is 3. The summed E-state index contributed by atoms with van der Waals surface area (Å²) in [5.74, 6) is 1.03. The lowest BCUT2D eigenvalue weighted by molar-refractivity contribution is 0.362. The summed E-state index contributed by atoms with van der Waals surface area (Å²) in [6.07, 6.45) is 1.70. The van der Waals surface area contributed by atoms with E-state index in [0.29, 0.717) is 30.0 Å². The van der Waals surface area contributed by atoms with Crippen LogP contribution in [0.25, 0.3) is 11.5 Å². The number of nitrogens with one attached hydrogen (secondary N) is 1. The van der Waals surface area contributed by atoms with Gasteiger partial charge < -0.3 is 9.84 Å². The van der Waals surface area contributed by atoms with Crippen molar-refractivity contribution in [3.8, 4) is 11.5 Å². The summed E-state index contributed by atoms with van der Waals surface area (Å²) >= 11 is 6.77. The summed E-state index contributed by atoms with van der Waals surface area (Å²) < 4.78 is 6.87. The van der Waals surface area contributed by atoms with E-state index in [1.807, 2.05) is 6.07 Å². The quantitative estimate of drug-likeness (QED) is 0.889. The Hall–Kier alpha value is -0.790. The highest BCUT2D eigenvalue weighted by Gasteiger charge is 2.13. The molecule has 96 valence electrons. The molecular weight excluding hydrogens is 364 g/mol. The molecule has 0 amide bonds. The number of pyridine rings is 1. The van der Waals surface area contributed by atoms with Gasteiger partial charge in [-0.1, -0.05) is 19.0 Å². The van der Waals surface area contributed by atoms with Crippen molar-refractivity contribution in [3.05, 3.63) is 27.1 Å². The Bertz CT molecular complexity index is 542. The molecule has 2 aromatic rings. The van der Waals surface area contributed by atoms with Gasteiger partial charge in [0.25, 0.3) is 0 Å². The summed E-state index contributed by atoms with van der Waals surface area (Å²) in [5.41, 5.74) is 0.665. The van der Waals surface area contributed by atoms with Crippen molar-refractivity contribution in [1.29, 1.82) is 0 Å². The maximum atomic E-state index is 5.16. The molecule has 0 aliphatic heterocycles.